The highest BCUT2D eigenvalue weighted by molar-refractivity contribution is 7.19. The molecule has 0 amide bonds. The van der Waals surface area contributed by atoms with E-state index in [9.17, 15) is 0 Å². The number of fused-ring (bicyclic) bond motifs is 1. The summed E-state index contributed by atoms with van der Waals surface area (Å²) in [6.45, 7) is 8.03. The highest BCUT2D eigenvalue weighted by atomic mass is 32.1. The standard InChI is InChI=1S/C23H26N6O2S/c1-14(2)20-27-22(31-28-20)29-11-8-16(9-12-29)15(3)30-23-26-19-7-6-18(25-21(19)32-23)17-5-4-10-24-13-17/h4-7,10,13-16H,8-9,11-12H2,1-3H3. The van der Waals surface area contributed by atoms with E-state index in [0.29, 0.717) is 17.1 Å². The molecule has 0 spiro atoms. The van der Waals surface area contributed by atoms with Crippen LogP contribution in [0.1, 0.15) is 45.4 Å². The van der Waals surface area contributed by atoms with E-state index in [-0.39, 0.29) is 12.0 Å². The molecule has 0 bridgehead atoms. The van der Waals surface area contributed by atoms with Gasteiger partial charge in [0.25, 0.3) is 5.19 Å². The second kappa shape index (κ2) is 8.82. The van der Waals surface area contributed by atoms with Crippen molar-refractivity contribution in [2.24, 2.45) is 5.92 Å². The normalized spacial score (nSPS) is 16.1. The lowest BCUT2D eigenvalue weighted by atomic mass is 9.92. The molecule has 5 heterocycles. The van der Waals surface area contributed by atoms with Crippen LogP contribution in [0.25, 0.3) is 21.6 Å². The average Bonchev–Trinajstić information content (AvgIpc) is 3.46. The fourth-order valence-electron chi connectivity index (χ4n) is 3.93. The largest absolute Gasteiger partial charge is 0.467 e. The molecule has 1 aliphatic heterocycles. The molecule has 1 atom stereocenters. The maximum Gasteiger partial charge on any atom is 0.324 e. The third kappa shape index (κ3) is 4.29. The summed E-state index contributed by atoms with van der Waals surface area (Å²) in [5, 5.41) is 4.75. The molecule has 1 fully saturated rings. The Morgan fingerprint density at radius 1 is 1.09 bits per heavy atom. The van der Waals surface area contributed by atoms with Gasteiger partial charge in [0.1, 0.15) is 16.5 Å². The predicted octanol–water partition coefficient (Wildman–Crippen LogP) is 4.94. The molecule has 4 aromatic rings. The van der Waals surface area contributed by atoms with Gasteiger partial charge in [0, 0.05) is 37.0 Å². The quantitative estimate of drug-likeness (QED) is 0.408. The van der Waals surface area contributed by atoms with E-state index < -0.39 is 0 Å². The van der Waals surface area contributed by atoms with Crippen LogP contribution in [0.5, 0.6) is 5.19 Å². The summed E-state index contributed by atoms with van der Waals surface area (Å²) in [4.78, 5) is 21.1. The molecule has 9 heteroatoms. The van der Waals surface area contributed by atoms with Gasteiger partial charge in [-0.25, -0.2) is 9.97 Å². The molecule has 5 rings (SSSR count). The van der Waals surface area contributed by atoms with Crippen LogP contribution in [-0.2, 0) is 0 Å². The summed E-state index contributed by atoms with van der Waals surface area (Å²) in [6.07, 6.45) is 5.67. The zero-order valence-corrected chi connectivity index (χ0v) is 19.2. The van der Waals surface area contributed by atoms with Gasteiger partial charge < -0.3 is 14.2 Å². The minimum Gasteiger partial charge on any atom is -0.467 e. The van der Waals surface area contributed by atoms with Gasteiger partial charge in [0.2, 0.25) is 0 Å². The zero-order chi connectivity index (χ0) is 22.1. The van der Waals surface area contributed by atoms with Crippen LogP contribution in [-0.4, -0.2) is 44.3 Å². The van der Waals surface area contributed by atoms with Crippen molar-refractivity contribution in [1.29, 1.82) is 0 Å². The molecule has 32 heavy (non-hydrogen) atoms. The summed E-state index contributed by atoms with van der Waals surface area (Å²) in [7, 11) is 0. The van der Waals surface area contributed by atoms with E-state index in [4.69, 9.17) is 14.2 Å². The van der Waals surface area contributed by atoms with E-state index in [1.165, 1.54) is 11.3 Å². The summed E-state index contributed by atoms with van der Waals surface area (Å²) in [6, 6.07) is 8.52. The van der Waals surface area contributed by atoms with E-state index in [0.717, 1.165) is 53.4 Å². The number of piperidine rings is 1. The number of hydrogen-bond acceptors (Lipinski definition) is 9. The Hall–Kier alpha value is -3.07. The van der Waals surface area contributed by atoms with Crippen LogP contribution in [0, 0.1) is 5.92 Å². The number of rotatable bonds is 6. The predicted molar refractivity (Wildman–Crippen MR) is 124 cm³/mol. The van der Waals surface area contributed by atoms with Crippen molar-refractivity contribution in [1.82, 2.24) is 25.1 Å². The summed E-state index contributed by atoms with van der Waals surface area (Å²) in [5.74, 6) is 1.47. The van der Waals surface area contributed by atoms with Gasteiger partial charge in [-0.15, -0.1) is 0 Å². The van der Waals surface area contributed by atoms with Crippen LogP contribution < -0.4 is 9.64 Å². The van der Waals surface area contributed by atoms with Crippen LogP contribution in [0.15, 0.2) is 41.2 Å². The molecule has 0 N–H and O–H groups in total. The van der Waals surface area contributed by atoms with Crippen molar-refractivity contribution in [3.05, 3.63) is 42.5 Å². The maximum atomic E-state index is 6.25. The first-order chi connectivity index (χ1) is 15.6. The zero-order valence-electron chi connectivity index (χ0n) is 18.4. The van der Waals surface area contributed by atoms with Gasteiger partial charge in [-0.3, -0.25) is 4.98 Å². The van der Waals surface area contributed by atoms with Crippen LogP contribution in [0.3, 0.4) is 0 Å². The molecular formula is C23H26N6O2S. The fraction of sp³-hybridized carbons (Fsp3) is 0.435. The Kier molecular flexibility index (Phi) is 5.73. The number of hydrogen-bond donors (Lipinski definition) is 0. The third-order valence-electron chi connectivity index (χ3n) is 5.90. The monoisotopic (exact) mass is 450 g/mol. The molecule has 0 radical (unpaired) electrons. The Morgan fingerprint density at radius 2 is 1.94 bits per heavy atom. The molecule has 166 valence electrons. The lowest BCUT2D eigenvalue weighted by molar-refractivity contribution is 0.131. The molecule has 1 saturated heterocycles. The van der Waals surface area contributed by atoms with E-state index in [1.807, 2.05) is 30.5 Å². The molecule has 4 aromatic heterocycles. The SMILES string of the molecule is CC(C)c1noc(N2CCC(C(C)Oc3nc4ccc(-c5cccnc5)nc4s3)CC2)n1. The van der Waals surface area contributed by atoms with Crippen LogP contribution in [0.4, 0.5) is 6.01 Å². The minimum atomic E-state index is 0.0735. The first-order valence-corrected chi connectivity index (χ1v) is 11.8. The van der Waals surface area contributed by atoms with Crippen molar-refractivity contribution >= 4 is 27.7 Å². The first-order valence-electron chi connectivity index (χ1n) is 11.0. The summed E-state index contributed by atoms with van der Waals surface area (Å²) >= 11 is 1.49. The third-order valence-corrected chi connectivity index (χ3v) is 6.76. The number of ether oxygens (including phenoxy) is 1. The first kappa shape index (κ1) is 20.8. The fourth-order valence-corrected chi connectivity index (χ4v) is 4.80. The number of aromatic nitrogens is 5. The second-order valence-corrected chi connectivity index (χ2v) is 9.42. The van der Waals surface area contributed by atoms with E-state index >= 15 is 0 Å². The highest BCUT2D eigenvalue weighted by Crippen LogP contribution is 2.32. The second-order valence-electron chi connectivity index (χ2n) is 8.48. The number of pyridine rings is 2. The maximum absolute atomic E-state index is 6.25. The van der Waals surface area contributed by atoms with Crippen LogP contribution >= 0.6 is 11.3 Å². The van der Waals surface area contributed by atoms with Crippen molar-refractivity contribution in [2.45, 2.75) is 45.6 Å². The smallest absolute Gasteiger partial charge is 0.324 e. The Bertz CT molecular complexity index is 1180. The molecule has 1 aliphatic rings. The van der Waals surface area contributed by atoms with Gasteiger partial charge >= 0.3 is 6.01 Å². The number of thiazole rings is 1. The summed E-state index contributed by atoms with van der Waals surface area (Å²) < 4.78 is 11.7. The van der Waals surface area contributed by atoms with Gasteiger partial charge in [0.15, 0.2) is 5.82 Å². The van der Waals surface area contributed by atoms with Gasteiger partial charge in [-0.1, -0.05) is 30.3 Å². The molecule has 0 aliphatic carbocycles. The van der Waals surface area contributed by atoms with Gasteiger partial charge in [0.05, 0.1) is 5.69 Å². The average molecular weight is 451 g/mol. The topological polar surface area (TPSA) is 90.1 Å². The van der Waals surface area contributed by atoms with Crippen molar-refractivity contribution in [3.8, 4) is 16.5 Å². The molecule has 8 nitrogen and oxygen atoms in total. The lowest BCUT2D eigenvalue weighted by Gasteiger charge is -2.33. The molecular weight excluding hydrogens is 424 g/mol. The Labute approximate surface area is 190 Å². The van der Waals surface area contributed by atoms with E-state index in [2.05, 4.69) is 45.8 Å². The number of nitrogens with zero attached hydrogens (tertiary/aromatic N) is 6. The van der Waals surface area contributed by atoms with E-state index in [1.54, 1.807) is 6.20 Å². The Morgan fingerprint density at radius 3 is 2.66 bits per heavy atom. The van der Waals surface area contributed by atoms with Crippen molar-refractivity contribution in [2.75, 3.05) is 18.0 Å². The summed E-state index contributed by atoms with van der Waals surface area (Å²) in [5.41, 5.74) is 2.74. The molecule has 0 saturated carbocycles. The van der Waals surface area contributed by atoms with Gasteiger partial charge in [-0.05, 0) is 49.9 Å². The van der Waals surface area contributed by atoms with Gasteiger partial charge in [-0.2, -0.15) is 4.98 Å². The van der Waals surface area contributed by atoms with Crippen molar-refractivity contribution < 1.29 is 9.26 Å². The van der Waals surface area contributed by atoms with Crippen LogP contribution in [0.2, 0.25) is 0 Å². The highest BCUT2D eigenvalue weighted by Gasteiger charge is 2.28. The Balaban J connectivity index is 1.22. The molecule has 0 aromatic carbocycles. The van der Waals surface area contributed by atoms with Crippen molar-refractivity contribution in [3.63, 3.8) is 0 Å². The minimum absolute atomic E-state index is 0.0735. The number of anilines is 1. The lowest BCUT2D eigenvalue weighted by Crippen LogP contribution is -2.38. The molecule has 1 unspecified atom stereocenters.